The van der Waals surface area contributed by atoms with E-state index >= 15 is 4.39 Å². The lowest BCUT2D eigenvalue weighted by Gasteiger charge is -2.37. The van der Waals surface area contributed by atoms with E-state index in [1.807, 2.05) is 31.3 Å². The molecule has 0 unspecified atom stereocenters. The molecule has 9 heteroatoms. The van der Waals surface area contributed by atoms with Gasteiger partial charge >= 0.3 is 0 Å². The second-order valence-corrected chi connectivity index (χ2v) is 11.5. The Hall–Kier alpha value is -3.43. The van der Waals surface area contributed by atoms with Crippen LogP contribution in [-0.2, 0) is 18.5 Å². The molecule has 1 aromatic carbocycles. The van der Waals surface area contributed by atoms with Crippen LogP contribution < -0.4 is 5.32 Å². The predicted octanol–water partition coefficient (Wildman–Crippen LogP) is 4.90. The lowest BCUT2D eigenvalue weighted by Crippen LogP contribution is -2.49. The zero-order valence-corrected chi connectivity index (χ0v) is 22.8. The quantitative estimate of drug-likeness (QED) is 0.406. The van der Waals surface area contributed by atoms with Gasteiger partial charge in [-0.05, 0) is 70.5 Å². The summed E-state index contributed by atoms with van der Waals surface area (Å²) in [6.07, 6.45) is 5.10. The van der Waals surface area contributed by atoms with Gasteiger partial charge in [0.05, 0.1) is 17.2 Å². The van der Waals surface area contributed by atoms with E-state index in [1.54, 1.807) is 0 Å². The molecule has 1 fully saturated rings. The lowest BCUT2D eigenvalue weighted by molar-refractivity contribution is 0.0999. The first-order valence-electron chi connectivity index (χ1n) is 13.4. The van der Waals surface area contributed by atoms with Gasteiger partial charge in [0.1, 0.15) is 17.3 Å². The van der Waals surface area contributed by atoms with Crippen LogP contribution in [0.1, 0.15) is 44.1 Å². The molecule has 0 bridgehead atoms. The zero-order chi connectivity index (χ0) is 26.6. The van der Waals surface area contributed by atoms with Gasteiger partial charge in [0.15, 0.2) is 5.82 Å². The minimum atomic E-state index is -0.459. The second-order valence-electron chi connectivity index (χ2n) is 11.5. The molecule has 38 heavy (non-hydrogen) atoms. The Kier molecular flexibility index (Phi) is 6.15. The van der Waals surface area contributed by atoms with Crippen LogP contribution in [0.5, 0.6) is 0 Å². The summed E-state index contributed by atoms with van der Waals surface area (Å²) in [4.78, 5) is 23.0. The van der Waals surface area contributed by atoms with Crippen LogP contribution in [0.15, 0.2) is 36.7 Å². The smallest absolute Gasteiger partial charge is 0.229 e. The van der Waals surface area contributed by atoms with Gasteiger partial charge in [0, 0.05) is 55.9 Å². The second kappa shape index (κ2) is 9.39. The molecule has 6 rings (SSSR count). The van der Waals surface area contributed by atoms with Gasteiger partial charge in [0.2, 0.25) is 5.95 Å². The van der Waals surface area contributed by atoms with Gasteiger partial charge in [-0.3, -0.25) is 4.90 Å². The summed E-state index contributed by atoms with van der Waals surface area (Å²) >= 11 is 0. The zero-order valence-electron chi connectivity index (χ0n) is 22.8. The minimum Gasteiger partial charge on any atom is -0.322 e. The fourth-order valence-corrected chi connectivity index (χ4v) is 5.77. The number of imidazole rings is 1. The number of hydrogen-bond donors (Lipinski definition) is 1. The van der Waals surface area contributed by atoms with E-state index in [4.69, 9.17) is 4.98 Å². The first-order valence-corrected chi connectivity index (χ1v) is 13.4. The van der Waals surface area contributed by atoms with Crippen molar-refractivity contribution in [3.8, 4) is 11.3 Å². The normalized spacial score (nSPS) is 19.7. The SMILES string of the molecule is Cc1cc(-c2nc(Nc3ccc(CN4CCN(C)[C@@H](C)C4)cn3)ncc2F)cc2c1nc1n2C(C)(C)CC1. The molecular weight excluding hydrogens is 479 g/mol. The predicted molar refractivity (Wildman–Crippen MR) is 148 cm³/mol. The lowest BCUT2D eigenvalue weighted by atomic mass is 10.0. The highest BCUT2D eigenvalue weighted by atomic mass is 19.1. The number of nitrogens with one attached hydrogen (secondary N) is 1. The van der Waals surface area contributed by atoms with E-state index in [0.717, 1.165) is 67.0 Å². The molecule has 5 heterocycles. The van der Waals surface area contributed by atoms with E-state index in [2.05, 4.69) is 68.5 Å². The maximum absolute atomic E-state index is 15.0. The van der Waals surface area contributed by atoms with Gasteiger partial charge in [-0.2, -0.15) is 0 Å². The van der Waals surface area contributed by atoms with E-state index in [-0.39, 0.29) is 11.2 Å². The molecule has 1 saturated heterocycles. The minimum absolute atomic E-state index is 0.0213. The van der Waals surface area contributed by atoms with Crippen LogP contribution >= 0.6 is 0 Å². The van der Waals surface area contributed by atoms with Crippen molar-refractivity contribution in [2.24, 2.45) is 0 Å². The Morgan fingerprint density at radius 1 is 1.11 bits per heavy atom. The van der Waals surface area contributed by atoms with Crippen molar-refractivity contribution in [3.63, 3.8) is 0 Å². The number of benzene rings is 1. The standard InChI is InChI=1S/C29H35FN8/c1-18-12-21(13-23-26(18)34-25-8-9-29(3,4)38(23)25)27-22(30)15-32-28(35-27)33-24-7-6-20(14-31-24)17-37-11-10-36(5)19(2)16-37/h6-7,12-15,19H,8-11,16-17H2,1-5H3,(H,31,32,33,35)/t19-/m0/s1. The number of aryl methyl sites for hydroxylation is 2. The highest BCUT2D eigenvalue weighted by molar-refractivity contribution is 5.86. The fraction of sp³-hybridized carbons (Fsp3) is 0.448. The van der Waals surface area contributed by atoms with Gasteiger partial charge in [-0.15, -0.1) is 0 Å². The molecule has 4 aromatic rings. The molecule has 0 amide bonds. The summed E-state index contributed by atoms with van der Waals surface area (Å²) in [6, 6.07) is 8.51. The molecule has 0 saturated carbocycles. The number of pyridine rings is 1. The first-order chi connectivity index (χ1) is 18.2. The molecule has 0 radical (unpaired) electrons. The van der Waals surface area contributed by atoms with E-state index in [0.29, 0.717) is 23.4 Å². The number of anilines is 2. The molecule has 3 aromatic heterocycles. The number of fused-ring (bicyclic) bond motifs is 3. The first kappa shape index (κ1) is 24.9. The number of halogens is 1. The summed E-state index contributed by atoms with van der Waals surface area (Å²) in [5.74, 6) is 1.57. The van der Waals surface area contributed by atoms with Gasteiger partial charge < -0.3 is 14.8 Å². The summed E-state index contributed by atoms with van der Waals surface area (Å²) in [5, 5.41) is 3.15. The summed E-state index contributed by atoms with van der Waals surface area (Å²) in [7, 11) is 2.18. The monoisotopic (exact) mass is 514 g/mol. The molecular formula is C29H35FN8. The average Bonchev–Trinajstić information content (AvgIpc) is 3.41. The van der Waals surface area contributed by atoms with Crippen LogP contribution in [-0.4, -0.2) is 67.0 Å². The third-order valence-electron chi connectivity index (χ3n) is 8.12. The Labute approximate surface area is 222 Å². The molecule has 0 aliphatic carbocycles. The Balaban J connectivity index is 1.23. The molecule has 2 aliphatic heterocycles. The highest BCUT2D eigenvalue weighted by Gasteiger charge is 2.32. The Bertz CT molecular complexity index is 1490. The summed E-state index contributed by atoms with van der Waals surface area (Å²) in [6.45, 7) is 12.8. The number of rotatable bonds is 5. The number of aromatic nitrogens is 5. The summed E-state index contributed by atoms with van der Waals surface area (Å²) in [5.41, 5.74) is 5.12. The van der Waals surface area contributed by atoms with Crippen LogP contribution in [0.3, 0.4) is 0 Å². The molecule has 2 aliphatic rings. The topological polar surface area (TPSA) is 75.0 Å². The van der Waals surface area contributed by atoms with E-state index in [9.17, 15) is 0 Å². The van der Waals surface area contributed by atoms with Gasteiger partial charge in [-0.25, -0.2) is 24.3 Å². The van der Waals surface area contributed by atoms with Crippen molar-refractivity contribution in [2.45, 2.75) is 58.7 Å². The van der Waals surface area contributed by atoms with Gasteiger partial charge in [0.25, 0.3) is 0 Å². The van der Waals surface area contributed by atoms with Crippen molar-refractivity contribution in [2.75, 3.05) is 32.0 Å². The van der Waals surface area contributed by atoms with E-state index in [1.165, 1.54) is 6.20 Å². The van der Waals surface area contributed by atoms with Gasteiger partial charge in [-0.1, -0.05) is 6.07 Å². The average molecular weight is 515 g/mol. The van der Waals surface area contributed by atoms with Crippen molar-refractivity contribution < 1.29 is 4.39 Å². The highest BCUT2D eigenvalue weighted by Crippen LogP contribution is 2.38. The largest absolute Gasteiger partial charge is 0.322 e. The Morgan fingerprint density at radius 2 is 1.95 bits per heavy atom. The van der Waals surface area contributed by atoms with Crippen LogP contribution in [0, 0.1) is 12.7 Å². The molecule has 0 spiro atoms. The van der Waals surface area contributed by atoms with E-state index < -0.39 is 5.82 Å². The van der Waals surface area contributed by atoms with Crippen molar-refractivity contribution in [3.05, 3.63) is 59.4 Å². The summed E-state index contributed by atoms with van der Waals surface area (Å²) < 4.78 is 17.3. The van der Waals surface area contributed by atoms with Crippen molar-refractivity contribution in [1.82, 2.24) is 34.3 Å². The molecule has 198 valence electrons. The maximum Gasteiger partial charge on any atom is 0.229 e. The fourth-order valence-electron chi connectivity index (χ4n) is 5.77. The number of hydrogen-bond acceptors (Lipinski definition) is 7. The number of piperazine rings is 1. The Morgan fingerprint density at radius 3 is 2.71 bits per heavy atom. The van der Waals surface area contributed by atoms with Crippen LogP contribution in [0.2, 0.25) is 0 Å². The molecule has 8 nitrogen and oxygen atoms in total. The number of likely N-dealkylation sites (N-methyl/N-ethyl adjacent to an activating group) is 1. The maximum atomic E-state index is 15.0. The van der Waals surface area contributed by atoms with Crippen molar-refractivity contribution >= 4 is 22.8 Å². The molecule has 1 atom stereocenters. The third kappa shape index (κ3) is 4.54. The van der Waals surface area contributed by atoms with Crippen LogP contribution in [0.4, 0.5) is 16.2 Å². The third-order valence-corrected chi connectivity index (χ3v) is 8.12. The molecule has 1 N–H and O–H groups in total. The van der Waals surface area contributed by atoms with Crippen molar-refractivity contribution in [1.29, 1.82) is 0 Å². The number of nitrogens with zero attached hydrogens (tertiary/aromatic N) is 7. The van der Waals surface area contributed by atoms with Crippen LogP contribution in [0.25, 0.3) is 22.3 Å².